The van der Waals surface area contributed by atoms with E-state index in [-0.39, 0.29) is 11.3 Å². The van der Waals surface area contributed by atoms with Crippen LogP contribution < -0.4 is 4.74 Å². The highest BCUT2D eigenvalue weighted by atomic mass is 16.6. The van der Waals surface area contributed by atoms with Gasteiger partial charge in [0, 0.05) is 35.0 Å². The van der Waals surface area contributed by atoms with Gasteiger partial charge in [0.15, 0.2) is 0 Å². The molecule has 0 radical (unpaired) electrons. The van der Waals surface area contributed by atoms with Crippen molar-refractivity contribution in [3.63, 3.8) is 0 Å². The molecule has 0 aliphatic rings. The summed E-state index contributed by atoms with van der Waals surface area (Å²) in [5.41, 5.74) is 1.11. The monoisotopic (exact) mass is 417 g/mol. The molecule has 4 rings (SSSR count). The molecule has 0 aliphatic carbocycles. The Balaban J connectivity index is 1.94. The van der Waals surface area contributed by atoms with Crippen LogP contribution >= 0.6 is 0 Å². The Morgan fingerprint density at radius 2 is 1.55 bits per heavy atom. The number of rotatable bonds is 6. The Kier molecular flexibility index (Phi) is 4.92. The molecule has 0 aliphatic heterocycles. The van der Waals surface area contributed by atoms with Gasteiger partial charge in [-0.3, -0.25) is 25.0 Å². The van der Waals surface area contributed by atoms with Crippen molar-refractivity contribution in [3.8, 4) is 16.9 Å². The summed E-state index contributed by atoms with van der Waals surface area (Å²) in [6.07, 6.45) is 1.70. The molecule has 0 atom stereocenters. The molecule has 2 aromatic carbocycles. The second-order valence-electron chi connectivity index (χ2n) is 6.71. The molecule has 2 aromatic heterocycles. The molecular formula is C22H15N3O6. The third kappa shape index (κ3) is 3.60. The fraction of sp³-hybridized carbons (Fsp3) is 0.0455. The number of methoxy groups -OCH3 is 1. The van der Waals surface area contributed by atoms with Crippen molar-refractivity contribution in [2.24, 2.45) is 0 Å². The second kappa shape index (κ2) is 7.71. The molecule has 9 heteroatoms. The van der Waals surface area contributed by atoms with Crippen molar-refractivity contribution >= 4 is 22.7 Å². The third-order valence-corrected chi connectivity index (χ3v) is 4.88. The van der Waals surface area contributed by atoms with Gasteiger partial charge in [-0.2, -0.15) is 0 Å². The van der Waals surface area contributed by atoms with Crippen molar-refractivity contribution in [2.45, 2.75) is 0 Å². The number of nitro groups is 2. The lowest BCUT2D eigenvalue weighted by molar-refractivity contribution is -0.394. The number of ketones is 1. The fourth-order valence-electron chi connectivity index (χ4n) is 3.42. The van der Waals surface area contributed by atoms with Gasteiger partial charge in [0.25, 0.3) is 11.4 Å². The predicted molar refractivity (Wildman–Crippen MR) is 113 cm³/mol. The van der Waals surface area contributed by atoms with E-state index in [4.69, 9.17) is 4.74 Å². The lowest BCUT2D eigenvalue weighted by Gasteiger charge is -2.08. The maximum Gasteiger partial charge on any atom is 0.277 e. The maximum atomic E-state index is 13.5. The van der Waals surface area contributed by atoms with E-state index in [2.05, 4.69) is 0 Å². The van der Waals surface area contributed by atoms with Gasteiger partial charge in [0.2, 0.25) is 5.78 Å². The van der Waals surface area contributed by atoms with Gasteiger partial charge in [-0.15, -0.1) is 0 Å². The summed E-state index contributed by atoms with van der Waals surface area (Å²) in [5.74, 6) is 0.0820. The number of nitrogens with zero attached hydrogens (tertiary/aromatic N) is 3. The number of hydrogen-bond donors (Lipinski definition) is 0. The molecule has 4 aromatic rings. The van der Waals surface area contributed by atoms with Crippen LogP contribution in [0.1, 0.15) is 16.1 Å². The van der Waals surface area contributed by atoms with Crippen LogP contribution in [0.4, 0.5) is 11.4 Å². The highest BCUT2D eigenvalue weighted by molar-refractivity contribution is 6.13. The van der Waals surface area contributed by atoms with Gasteiger partial charge in [0.1, 0.15) is 11.4 Å². The van der Waals surface area contributed by atoms with E-state index >= 15 is 0 Å². The molecule has 0 amide bonds. The van der Waals surface area contributed by atoms with Crippen molar-refractivity contribution in [1.29, 1.82) is 0 Å². The maximum absolute atomic E-state index is 13.5. The normalized spacial score (nSPS) is 10.7. The summed E-state index contributed by atoms with van der Waals surface area (Å²) in [4.78, 5) is 34.5. The number of nitro benzene ring substituents is 2. The minimum atomic E-state index is -0.760. The van der Waals surface area contributed by atoms with Crippen LogP contribution in [-0.4, -0.2) is 27.1 Å². The van der Waals surface area contributed by atoms with E-state index in [0.717, 1.165) is 29.3 Å². The average molecular weight is 417 g/mol. The number of carbonyl (C=O) groups is 1. The Morgan fingerprint density at radius 3 is 2.13 bits per heavy atom. The molecule has 31 heavy (non-hydrogen) atoms. The number of pyridine rings is 1. The summed E-state index contributed by atoms with van der Waals surface area (Å²) in [6, 6.07) is 17.2. The molecular weight excluding hydrogens is 402 g/mol. The largest absolute Gasteiger partial charge is 0.497 e. The summed E-state index contributed by atoms with van der Waals surface area (Å²) in [6.45, 7) is 0. The topological polar surface area (TPSA) is 117 Å². The minimum absolute atomic E-state index is 0.139. The van der Waals surface area contributed by atoms with Gasteiger partial charge < -0.3 is 9.14 Å². The lowest BCUT2D eigenvalue weighted by atomic mass is 9.99. The summed E-state index contributed by atoms with van der Waals surface area (Å²) >= 11 is 0. The quantitative estimate of drug-likeness (QED) is 0.256. The van der Waals surface area contributed by atoms with Gasteiger partial charge in [-0.1, -0.05) is 18.2 Å². The Bertz CT molecular complexity index is 1310. The predicted octanol–water partition coefficient (Wildman–Crippen LogP) is 4.66. The summed E-state index contributed by atoms with van der Waals surface area (Å²) in [5, 5.41) is 22.5. The fourth-order valence-corrected chi connectivity index (χ4v) is 3.42. The number of hydrogen-bond acceptors (Lipinski definition) is 6. The molecule has 0 spiro atoms. The Labute approximate surface area is 175 Å². The molecule has 0 N–H and O–H groups in total. The van der Waals surface area contributed by atoms with E-state index in [0.29, 0.717) is 11.3 Å². The molecule has 0 bridgehead atoms. The van der Waals surface area contributed by atoms with Crippen molar-refractivity contribution < 1.29 is 19.4 Å². The standard InChI is InChI=1S/C22H15N3O6/c1-31-19-7-5-14(6-8-19)20-13-16-4-2-3-9-23(16)21(20)22(26)15-10-17(24(27)28)12-18(11-15)25(29)30/h2-13H,1H3. The van der Waals surface area contributed by atoms with E-state index in [1.54, 1.807) is 48.0 Å². The third-order valence-electron chi connectivity index (χ3n) is 4.88. The first-order valence-electron chi connectivity index (χ1n) is 9.12. The van der Waals surface area contributed by atoms with Crippen LogP contribution in [0.15, 0.2) is 72.9 Å². The first kappa shape index (κ1) is 19.8. The van der Waals surface area contributed by atoms with Crippen molar-refractivity contribution in [1.82, 2.24) is 4.40 Å². The van der Waals surface area contributed by atoms with Gasteiger partial charge in [-0.25, -0.2) is 0 Å². The van der Waals surface area contributed by atoms with Crippen LogP contribution in [0.5, 0.6) is 5.75 Å². The molecule has 0 saturated carbocycles. The zero-order chi connectivity index (χ0) is 22.1. The van der Waals surface area contributed by atoms with Crippen LogP contribution in [0.25, 0.3) is 16.6 Å². The number of benzene rings is 2. The first-order valence-corrected chi connectivity index (χ1v) is 9.12. The molecule has 9 nitrogen and oxygen atoms in total. The summed E-state index contributed by atoms with van der Waals surface area (Å²) < 4.78 is 6.84. The van der Waals surface area contributed by atoms with Crippen LogP contribution in [0, 0.1) is 20.2 Å². The molecule has 2 heterocycles. The number of aromatic nitrogens is 1. The highest BCUT2D eigenvalue weighted by Crippen LogP contribution is 2.32. The average Bonchev–Trinajstić information content (AvgIpc) is 3.17. The molecule has 154 valence electrons. The summed E-state index contributed by atoms with van der Waals surface area (Å²) in [7, 11) is 1.55. The second-order valence-corrected chi connectivity index (χ2v) is 6.71. The van der Waals surface area contributed by atoms with E-state index < -0.39 is 27.0 Å². The zero-order valence-corrected chi connectivity index (χ0v) is 16.2. The number of ether oxygens (including phenoxy) is 1. The number of fused-ring (bicyclic) bond motifs is 1. The van der Waals surface area contributed by atoms with E-state index in [9.17, 15) is 25.0 Å². The zero-order valence-electron chi connectivity index (χ0n) is 16.2. The van der Waals surface area contributed by atoms with Gasteiger partial charge >= 0.3 is 0 Å². The van der Waals surface area contributed by atoms with Crippen LogP contribution in [0.3, 0.4) is 0 Å². The smallest absolute Gasteiger partial charge is 0.277 e. The van der Waals surface area contributed by atoms with Gasteiger partial charge in [0.05, 0.1) is 23.0 Å². The first-order chi connectivity index (χ1) is 14.9. The van der Waals surface area contributed by atoms with Crippen molar-refractivity contribution in [3.05, 3.63) is 104 Å². The van der Waals surface area contributed by atoms with E-state index in [1.165, 1.54) is 0 Å². The van der Waals surface area contributed by atoms with Gasteiger partial charge in [-0.05, 0) is 35.9 Å². The Morgan fingerprint density at radius 1 is 0.903 bits per heavy atom. The van der Waals surface area contributed by atoms with Crippen molar-refractivity contribution in [2.75, 3.05) is 7.11 Å². The number of carbonyl (C=O) groups excluding carboxylic acids is 1. The minimum Gasteiger partial charge on any atom is -0.497 e. The van der Waals surface area contributed by atoms with Crippen LogP contribution in [-0.2, 0) is 0 Å². The molecule has 0 fully saturated rings. The molecule has 0 saturated heterocycles. The molecule has 0 unspecified atom stereocenters. The van der Waals surface area contributed by atoms with Crippen LogP contribution in [0.2, 0.25) is 0 Å². The van der Waals surface area contributed by atoms with E-state index in [1.807, 2.05) is 18.2 Å². The SMILES string of the molecule is COc1ccc(-c2cc3ccccn3c2C(=O)c2cc([N+](=O)[O-])cc([N+](=O)[O-])c2)cc1. The lowest BCUT2D eigenvalue weighted by Crippen LogP contribution is -2.08. The Hall–Kier alpha value is -4.53. The highest BCUT2D eigenvalue weighted by Gasteiger charge is 2.25. The number of non-ortho nitro benzene ring substituents is 2.